The monoisotopic (exact) mass is 214 g/mol. The fraction of sp³-hybridized carbons (Fsp3) is 0.333. The van der Waals surface area contributed by atoms with Gasteiger partial charge in [-0.2, -0.15) is 4.99 Å². The van der Waals surface area contributed by atoms with Crippen LogP contribution in [0.15, 0.2) is 23.2 Å². The second-order valence-electron chi connectivity index (χ2n) is 4.33. The maximum atomic E-state index is 11.2. The maximum absolute atomic E-state index is 11.2. The number of benzene rings is 1. The first-order valence-corrected chi connectivity index (χ1v) is 5.26. The van der Waals surface area contributed by atoms with E-state index < -0.39 is 0 Å². The van der Waals surface area contributed by atoms with Gasteiger partial charge in [-0.15, -0.1) is 0 Å². The zero-order valence-corrected chi connectivity index (χ0v) is 8.62. The lowest BCUT2D eigenvalue weighted by atomic mass is 10.0. The highest BCUT2D eigenvalue weighted by molar-refractivity contribution is 5.99. The normalized spacial score (nSPS) is 19.6. The van der Waals surface area contributed by atoms with Gasteiger partial charge in [0.2, 0.25) is 12.0 Å². The Bertz CT molecular complexity index is 526. The smallest absolute Gasteiger partial charge is 0.235 e. The lowest BCUT2D eigenvalue weighted by Gasteiger charge is -2.09. The van der Waals surface area contributed by atoms with Crippen LogP contribution in [0, 0.1) is 0 Å². The number of rotatable bonds is 2. The molecule has 0 spiro atoms. The molecule has 2 aliphatic rings. The predicted octanol–water partition coefficient (Wildman–Crippen LogP) is 1.51. The van der Waals surface area contributed by atoms with Gasteiger partial charge in [-0.25, -0.2) is 4.79 Å². The molecular formula is C12H10N2O2. The van der Waals surface area contributed by atoms with E-state index in [0.717, 1.165) is 29.7 Å². The van der Waals surface area contributed by atoms with Crippen molar-refractivity contribution in [1.29, 1.82) is 0 Å². The fourth-order valence-corrected chi connectivity index (χ4v) is 2.19. The number of amides is 1. The van der Waals surface area contributed by atoms with Crippen molar-refractivity contribution in [2.24, 2.45) is 4.99 Å². The molecule has 0 bridgehead atoms. The number of carbonyl (C=O) groups is 1. The molecule has 1 heterocycles. The Morgan fingerprint density at radius 3 is 2.88 bits per heavy atom. The quantitative estimate of drug-likeness (QED) is 0.599. The number of carbonyl (C=O) groups excluding carboxylic acids is 2. The van der Waals surface area contributed by atoms with Crippen molar-refractivity contribution in [1.82, 2.24) is 0 Å². The number of aliphatic imine (C=N–C) groups is 1. The molecule has 0 unspecified atom stereocenters. The Morgan fingerprint density at radius 1 is 1.38 bits per heavy atom. The van der Waals surface area contributed by atoms with Gasteiger partial charge in [0.1, 0.15) is 0 Å². The van der Waals surface area contributed by atoms with Crippen molar-refractivity contribution in [3.8, 4) is 0 Å². The molecule has 80 valence electrons. The summed E-state index contributed by atoms with van der Waals surface area (Å²) in [7, 11) is 0. The Labute approximate surface area is 92.4 Å². The molecule has 1 aromatic rings. The molecular weight excluding hydrogens is 204 g/mol. The SMILES string of the molecule is O=C=NC1(c2ccc3c(c2)CC(=O)N3)CC1. The van der Waals surface area contributed by atoms with Crippen molar-refractivity contribution in [3.63, 3.8) is 0 Å². The number of fused-ring (bicyclic) bond motifs is 1. The first kappa shape index (κ1) is 9.31. The molecule has 0 saturated heterocycles. The number of hydrogen-bond donors (Lipinski definition) is 1. The molecule has 0 radical (unpaired) electrons. The first-order valence-electron chi connectivity index (χ1n) is 5.26. The van der Waals surface area contributed by atoms with Crippen LogP contribution in [0.3, 0.4) is 0 Å². The Kier molecular flexibility index (Phi) is 1.76. The highest BCUT2D eigenvalue weighted by Gasteiger charge is 2.45. The van der Waals surface area contributed by atoms with Crippen molar-refractivity contribution in [2.75, 3.05) is 5.32 Å². The van der Waals surface area contributed by atoms with Gasteiger partial charge in [-0.1, -0.05) is 12.1 Å². The van der Waals surface area contributed by atoms with Crippen molar-refractivity contribution in [2.45, 2.75) is 24.8 Å². The molecule has 1 amide bonds. The Hall–Kier alpha value is -1.93. The van der Waals surface area contributed by atoms with E-state index in [-0.39, 0.29) is 11.4 Å². The van der Waals surface area contributed by atoms with Crippen LogP contribution in [0.1, 0.15) is 24.0 Å². The summed E-state index contributed by atoms with van der Waals surface area (Å²) in [4.78, 5) is 25.4. The predicted molar refractivity (Wildman–Crippen MR) is 57.8 cm³/mol. The fourth-order valence-electron chi connectivity index (χ4n) is 2.19. The van der Waals surface area contributed by atoms with Gasteiger partial charge in [0.25, 0.3) is 0 Å². The minimum Gasteiger partial charge on any atom is -0.326 e. The van der Waals surface area contributed by atoms with Crippen LogP contribution in [0.4, 0.5) is 5.69 Å². The summed E-state index contributed by atoms with van der Waals surface area (Å²) >= 11 is 0. The van der Waals surface area contributed by atoms with Gasteiger partial charge in [0.15, 0.2) is 0 Å². The van der Waals surface area contributed by atoms with Crippen LogP contribution >= 0.6 is 0 Å². The average molecular weight is 214 g/mol. The minimum absolute atomic E-state index is 0.0240. The number of isocyanates is 1. The third kappa shape index (κ3) is 1.27. The van der Waals surface area contributed by atoms with E-state index in [1.807, 2.05) is 18.2 Å². The zero-order chi connectivity index (χ0) is 11.2. The van der Waals surface area contributed by atoms with E-state index in [2.05, 4.69) is 10.3 Å². The van der Waals surface area contributed by atoms with E-state index in [4.69, 9.17) is 0 Å². The van der Waals surface area contributed by atoms with E-state index in [1.165, 1.54) is 0 Å². The van der Waals surface area contributed by atoms with Gasteiger partial charge in [-0.3, -0.25) is 4.79 Å². The number of hydrogen-bond acceptors (Lipinski definition) is 3. The molecule has 1 aliphatic carbocycles. The summed E-state index contributed by atoms with van der Waals surface area (Å²) in [6, 6.07) is 5.79. The van der Waals surface area contributed by atoms with E-state index in [9.17, 15) is 9.59 Å². The summed E-state index contributed by atoms with van der Waals surface area (Å²) < 4.78 is 0. The van der Waals surface area contributed by atoms with Crippen LogP contribution in [0.5, 0.6) is 0 Å². The van der Waals surface area contributed by atoms with Crippen molar-refractivity contribution >= 4 is 17.7 Å². The summed E-state index contributed by atoms with van der Waals surface area (Å²) in [6.45, 7) is 0. The molecule has 4 nitrogen and oxygen atoms in total. The third-order valence-electron chi connectivity index (χ3n) is 3.25. The average Bonchev–Trinajstić information content (AvgIpc) is 2.93. The lowest BCUT2D eigenvalue weighted by molar-refractivity contribution is -0.115. The minimum atomic E-state index is -0.345. The summed E-state index contributed by atoms with van der Waals surface area (Å²) in [5.41, 5.74) is 2.54. The highest BCUT2D eigenvalue weighted by Crippen LogP contribution is 2.50. The molecule has 3 rings (SSSR count). The van der Waals surface area contributed by atoms with E-state index in [1.54, 1.807) is 6.08 Å². The highest BCUT2D eigenvalue weighted by atomic mass is 16.1. The van der Waals surface area contributed by atoms with Crippen LogP contribution in [0.2, 0.25) is 0 Å². The van der Waals surface area contributed by atoms with Crippen LogP contribution in [-0.4, -0.2) is 12.0 Å². The molecule has 0 aromatic heterocycles. The summed E-state index contributed by atoms with van der Waals surface area (Å²) in [5.74, 6) is 0.0240. The molecule has 0 atom stereocenters. The zero-order valence-electron chi connectivity index (χ0n) is 8.62. The van der Waals surface area contributed by atoms with Gasteiger partial charge < -0.3 is 5.32 Å². The Morgan fingerprint density at radius 2 is 2.19 bits per heavy atom. The molecule has 16 heavy (non-hydrogen) atoms. The summed E-state index contributed by atoms with van der Waals surface area (Å²) in [5, 5.41) is 2.78. The number of nitrogens with zero attached hydrogens (tertiary/aromatic N) is 1. The van der Waals surface area contributed by atoms with Gasteiger partial charge in [-0.05, 0) is 30.0 Å². The third-order valence-corrected chi connectivity index (χ3v) is 3.25. The lowest BCUT2D eigenvalue weighted by Crippen LogP contribution is -2.03. The summed E-state index contributed by atoms with van der Waals surface area (Å²) in [6.07, 6.45) is 3.84. The molecule has 4 heteroatoms. The maximum Gasteiger partial charge on any atom is 0.235 e. The second-order valence-corrected chi connectivity index (χ2v) is 4.33. The van der Waals surface area contributed by atoms with E-state index >= 15 is 0 Å². The van der Waals surface area contributed by atoms with Gasteiger partial charge >= 0.3 is 0 Å². The molecule has 1 aliphatic heterocycles. The standard InChI is InChI=1S/C12H10N2O2/c15-7-13-12(3-4-12)9-1-2-10-8(5-9)6-11(16)14-10/h1-2,5H,3-4,6H2,(H,14,16). The van der Waals surface area contributed by atoms with Crippen molar-refractivity contribution < 1.29 is 9.59 Å². The molecule has 1 fully saturated rings. The van der Waals surface area contributed by atoms with Crippen LogP contribution in [0.25, 0.3) is 0 Å². The molecule has 1 N–H and O–H groups in total. The largest absolute Gasteiger partial charge is 0.326 e. The van der Waals surface area contributed by atoms with Crippen LogP contribution < -0.4 is 5.32 Å². The van der Waals surface area contributed by atoms with Gasteiger partial charge in [0, 0.05) is 5.69 Å². The molecule has 1 aromatic carbocycles. The van der Waals surface area contributed by atoms with Crippen LogP contribution in [-0.2, 0) is 21.5 Å². The number of anilines is 1. The Balaban J connectivity index is 2.03. The molecule has 1 saturated carbocycles. The first-order chi connectivity index (χ1) is 7.73. The van der Waals surface area contributed by atoms with Crippen molar-refractivity contribution in [3.05, 3.63) is 29.3 Å². The number of nitrogens with one attached hydrogen (secondary N) is 1. The second kappa shape index (κ2) is 3.03. The topological polar surface area (TPSA) is 58.5 Å². The van der Waals surface area contributed by atoms with E-state index in [0.29, 0.717) is 6.42 Å². The van der Waals surface area contributed by atoms with Gasteiger partial charge in [0.05, 0.1) is 12.0 Å².